The van der Waals surface area contributed by atoms with Crippen LogP contribution in [0, 0.1) is 11.7 Å². The Kier molecular flexibility index (Phi) is 5.88. The van der Waals surface area contributed by atoms with E-state index in [1.54, 1.807) is 48.5 Å². The van der Waals surface area contributed by atoms with Crippen LogP contribution in [0.2, 0.25) is 5.02 Å². The first-order valence-electron chi connectivity index (χ1n) is 9.50. The number of nitrogens with one attached hydrogen (secondary N) is 1. The van der Waals surface area contributed by atoms with E-state index < -0.39 is 35.8 Å². The number of carbonyl (C=O) groups excluding carboxylic acids is 1. The lowest BCUT2D eigenvalue weighted by molar-refractivity contribution is -0.151. The third kappa shape index (κ3) is 4.38. The molecule has 3 atom stereocenters. The number of carboxylic acid groups (broad SMARTS) is 1. The van der Waals surface area contributed by atoms with Gasteiger partial charge in [-0.2, -0.15) is 0 Å². The van der Waals surface area contributed by atoms with E-state index >= 15 is 0 Å². The highest BCUT2D eigenvalue weighted by Crippen LogP contribution is 2.43. The number of amides is 1. The Hall–Kier alpha value is -3.42. The molecule has 0 aliphatic carbocycles. The number of nitrogens with zero attached hydrogens (tertiary/aromatic N) is 1. The molecule has 1 heterocycles. The fraction of sp³-hybridized carbons (Fsp3) is 0.130. The number of benzene rings is 3. The lowest BCUT2D eigenvalue weighted by Gasteiger charge is -2.27. The van der Waals surface area contributed by atoms with E-state index in [9.17, 15) is 19.1 Å². The average molecular weight is 441 g/mol. The molecule has 1 saturated heterocycles. The molecule has 1 amide bonds. The largest absolute Gasteiger partial charge is 0.479 e. The molecule has 3 aromatic carbocycles. The van der Waals surface area contributed by atoms with E-state index in [1.807, 2.05) is 6.07 Å². The molecule has 0 aromatic heterocycles. The van der Waals surface area contributed by atoms with Crippen molar-refractivity contribution in [1.82, 2.24) is 0 Å². The number of anilines is 2. The average Bonchev–Trinajstić information content (AvgIpc) is 3.18. The van der Waals surface area contributed by atoms with Gasteiger partial charge in [0.15, 0.2) is 6.10 Å². The smallest absolute Gasteiger partial charge is 0.336 e. The summed E-state index contributed by atoms with van der Waals surface area (Å²) >= 11 is 6.02. The van der Waals surface area contributed by atoms with Crippen LogP contribution < -0.4 is 10.4 Å². The fourth-order valence-corrected chi connectivity index (χ4v) is 3.73. The minimum atomic E-state index is -1.43. The summed E-state index contributed by atoms with van der Waals surface area (Å²) in [6.45, 7) is 0. The number of rotatable bonds is 5. The number of aliphatic carboxylic acids is 1. The van der Waals surface area contributed by atoms with Gasteiger partial charge >= 0.3 is 5.97 Å². The summed E-state index contributed by atoms with van der Waals surface area (Å²) in [7, 11) is 0. The molecule has 0 bridgehead atoms. The first kappa shape index (κ1) is 20.8. The third-order valence-electron chi connectivity index (χ3n) is 5.03. The van der Waals surface area contributed by atoms with Crippen molar-refractivity contribution in [2.24, 2.45) is 5.92 Å². The maximum atomic E-state index is 13.2. The number of carboxylic acids is 1. The highest BCUT2D eigenvalue weighted by atomic mass is 35.5. The highest BCUT2D eigenvalue weighted by Gasteiger charge is 2.52. The number of carbonyl (C=O) groups is 2. The monoisotopic (exact) mass is 440 g/mol. The summed E-state index contributed by atoms with van der Waals surface area (Å²) in [5.41, 5.74) is 1.62. The van der Waals surface area contributed by atoms with Crippen molar-refractivity contribution in [1.29, 1.82) is 0 Å². The van der Waals surface area contributed by atoms with Crippen molar-refractivity contribution in [2.75, 3.05) is 10.4 Å². The van der Waals surface area contributed by atoms with Gasteiger partial charge in [-0.25, -0.2) is 14.2 Å². The van der Waals surface area contributed by atoms with Gasteiger partial charge in [-0.3, -0.25) is 9.63 Å². The molecule has 31 heavy (non-hydrogen) atoms. The molecular weight excluding hydrogens is 423 g/mol. The summed E-state index contributed by atoms with van der Waals surface area (Å²) in [5.74, 6) is -3.36. The van der Waals surface area contributed by atoms with Crippen LogP contribution in [0.3, 0.4) is 0 Å². The minimum absolute atomic E-state index is 0.351. The molecule has 1 aliphatic heterocycles. The number of para-hydroxylation sites is 1. The van der Waals surface area contributed by atoms with Crippen LogP contribution in [0.15, 0.2) is 78.9 Å². The number of halogens is 2. The molecular formula is C23H18ClFN2O4. The van der Waals surface area contributed by atoms with E-state index in [0.717, 1.165) is 0 Å². The zero-order chi connectivity index (χ0) is 22.0. The molecule has 0 saturated carbocycles. The van der Waals surface area contributed by atoms with Crippen LogP contribution in [0.4, 0.5) is 15.8 Å². The first-order chi connectivity index (χ1) is 14.9. The van der Waals surface area contributed by atoms with E-state index in [4.69, 9.17) is 16.4 Å². The van der Waals surface area contributed by atoms with Crippen LogP contribution in [-0.2, 0) is 14.4 Å². The second-order valence-corrected chi connectivity index (χ2v) is 7.48. The van der Waals surface area contributed by atoms with E-state index in [0.29, 0.717) is 22.0 Å². The van der Waals surface area contributed by atoms with Crippen molar-refractivity contribution in [3.05, 3.63) is 95.3 Å². The Morgan fingerprint density at radius 2 is 1.61 bits per heavy atom. The van der Waals surface area contributed by atoms with Crippen molar-refractivity contribution in [3.63, 3.8) is 0 Å². The van der Waals surface area contributed by atoms with Crippen LogP contribution in [0.25, 0.3) is 0 Å². The molecule has 158 valence electrons. The highest BCUT2D eigenvalue weighted by molar-refractivity contribution is 6.30. The molecule has 3 aromatic rings. The maximum absolute atomic E-state index is 13.2. The van der Waals surface area contributed by atoms with Gasteiger partial charge in [0.25, 0.3) is 0 Å². The van der Waals surface area contributed by atoms with Crippen LogP contribution in [-0.4, -0.2) is 23.1 Å². The molecule has 0 spiro atoms. The fourth-order valence-electron chi connectivity index (χ4n) is 3.60. The molecule has 0 radical (unpaired) electrons. The summed E-state index contributed by atoms with van der Waals surface area (Å²) in [6.07, 6.45) is -1.43. The Morgan fingerprint density at radius 3 is 2.23 bits per heavy atom. The minimum Gasteiger partial charge on any atom is -0.479 e. The molecule has 8 heteroatoms. The standard InChI is InChI=1S/C23H18ClFN2O4/c24-15-8-6-14(7-9-15)20-19(22(28)26-17-12-10-16(25)11-13-17)21(23(29)30)31-27(20)18-4-2-1-3-5-18/h1-13,19-21H,(H,26,28)(H,29,30)/t19-,20+,21+/m0/s1. The van der Waals surface area contributed by atoms with E-state index in [2.05, 4.69) is 5.32 Å². The van der Waals surface area contributed by atoms with Gasteiger partial charge in [-0.1, -0.05) is 41.9 Å². The van der Waals surface area contributed by atoms with Crippen molar-refractivity contribution in [2.45, 2.75) is 12.1 Å². The van der Waals surface area contributed by atoms with Crippen LogP contribution in [0.1, 0.15) is 11.6 Å². The van der Waals surface area contributed by atoms with Gasteiger partial charge in [-0.05, 0) is 54.1 Å². The predicted molar refractivity (Wildman–Crippen MR) is 114 cm³/mol. The van der Waals surface area contributed by atoms with Gasteiger partial charge in [0, 0.05) is 10.7 Å². The molecule has 2 N–H and O–H groups in total. The molecule has 1 fully saturated rings. The summed E-state index contributed by atoms with van der Waals surface area (Å²) in [5, 5.41) is 14.4. The summed E-state index contributed by atoms with van der Waals surface area (Å²) < 4.78 is 13.2. The third-order valence-corrected chi connectivity index (χ3v) is 5.28. The Balaban J connectivity index is 1.75. The number of hydrogen-bond acceptors (Lipinski definition) is 4. The van der Waals surface area contributed by atoms with E-state index in [1.165, 1.54) is 29.3 Å². The summed E-state index contributed by atoms with van der Waals surface area (Å²) in [4.78, 5) is 31.0. The normalized spacial score (nSPS) is 20.5. The zero-order valence-corrected chi connectivity index (χ0v) is 16.9. The number of hydroxylamine groups is 1. The van der Waals surface area contributed by atoms with Crippen LogP contribution >= 0.6 is 11.6 Å². The topological polar surface area (TPSA) is 78.9 Å². The number of hydrogen-bond donors (Lipinski definition) is 2. The van der Waals surface area contributed by atoms with Gasteiger partial charge in [0.1, 0.15) is 11.7 Å². The molecule has 4 rings (SSSR count). The van der Waals surface area contributed by atoms with Crippen molar-refractivity contribution < 1.29 is 23.9 Å². The molecule has 1 aliphatic rings. The second kappa shape index (κ2) is 8.75. The molecule has 0 unspecified atom stereocenters. The van der Waals surface area contributed by atoms with Gasteiger partial charge in [0.05, 0.1) is 11.7 Å². The van der Waals surface area contributed by atoms with Gasteiger partial charge in [-0.15, -0.1) is 0 Å². The van der Waals surface area contributed by atoms with Gasteiger partial charge in [0.2, 0.25) is 5.91 Å². The lowest BCUT2D eigenvalue weighted by Crippen LogP contribution is -2.37. The zero-order valence-electron chi connectivity index (χ0n) is 16.1. The first-order valence-corrected chi connectivity index (χ1v) is 9.87. The Bertz CT molecular complexity index is 1080. The van der Waals surface area contributed by atoms with Crippen LogP contribution in [0.5, 0.6) is 0 Å². The Labute approximate surface area is 182 Å². The van der Waals surface area contributed by atoms with Crippen molar-refractivity contribution >= 4 is 34.9 Å². The SMILES string of the molecule is O=C(Nc1ccc(F)cc1)[C@H]1[C@@H](c2ccc(Cl)cc2)N(c2ccccc2)O[C@H]1C(=O)O. The lowest BCUT2D eigenvalue weighted by atomic mass is 9.88. The van der Waals surface area contributed by atoms with E-state index in [-0.39, 0.29) is 0 Å². The predicted octanol–water partition coefficient (Wildman–Crippen LogP) is 4.68. The molecule has 6 nitrogen and oxygen atoms in total. The summed E-state index contributed by atoms with van der Waals surface area (Å²) in [6, 6.07) is 20.2. The van der Waals surface area contributed by atoms with Gasteiger partial charge < -0.3 is 10.4 Å². The maximum Gasteiger partial charge on any atom is 0.336 e. The Morgan fingerprint density at radius 1 is 0.968 bits per heavy atom. The second-order valence-electron chi connectivity index (χ2n) is 7.04. The quantitative estimate of drug-likeness (QED) is 0.602. The van der Waals surface area contributed by atoms with Crippen molar-refractivity contribution in [3.8, 4) is 0 Å².